The number of hydrogen-bond donors (Lipinski definition) is 0. The van der Waals surface area contributed by atoms with Crippen molar-refractivity contribution in [2.24, 2.45) is 0 Å². The molecule has 0 aromatic rings. The fourth-order valence-corrected chi connectivity index (χ4v) is 0.189. The predicted octanol–water partition coefficient (Wildman–Crippen LogP) is 1.30. The van der Waals surface area contributed by atoms with Gasteiger partial charge in [0.1, 0.15) is 5.52 Å². The van der Waals surface area contributed by atoms with E-state index in [0.717, 1.165) is 6.26 Å². The Bertz CT molecular complexity index is 28.1. The summed E-state index contributed by atoms with van der Waals surface area (Å²) in [6, 6.07) is 0. The van der Waals surface area contributed by atoms with Crippen molar-refractivity contribution in [3.05, 3.63) is 12.8 Å². The molecule has 0 atom stereocenters. The molecule has 0 bridgehead atoms. The van der Waals surface area contributed by atoms with Crippen molar-refractivity contribution in [3.63, 3.8) is 0 Å². The Kier molecular flexibility index (Phi) is 4.04. The highest BCUT2D eigenvalue weighted by Gasteiger charge is 1.58. The maximum absolute atomic E-state index is 4.76. The van der Waals surface area contributed by atoms with Gasteiger partial charge in [0.05, 0.1) is 6.26 Å². The van der Waals surface area contributed by atoms with Gasteiger partial charge in [-0.05, 0) is 22.5 Å². The second-order valence-electron chi connectivity index (χ2n) is 0.412. The van der Waals surface area contributed by atoms with Gasteiger partial charge >= 0.3 is 0 Å². The third-order valence-corrected chi connectivity index (χ3v) is 0.424. The third kappa shape index (κ3) is 4.02. The smallest absolute Gasteiger partial charge is 0.142 e. The lowest BCUT2D eigenvalue weighted by Crippen LogP contribution is -1.66. The zero-order valence-electron chi connectivity index (χ0n) is 2.65. The van der Waals surface area contributed by atoms with Crippen LogP contribution in [0.25, 0.3) is 0 Å². The lowest BCUT2D eigenvalue weighted by atomic mass is 11.2. The van der Waals surface area contributed by atoms with Crippen molar-refractivity contribution in [2.45, 2.75) is 0 Å². The van der Waals surface area contributed by atoms with Gasteiger partial charge in [-0.15, -0.1) is 0 Å². The summed E-state index contributed by atoms with van der Waals surface area (Å²) in [4.78, 5) is 0. The standard InChI is InChI=1S/C3H4BrO/c1-2-5-3-4/h1-2H,3H2. The molecule has 0 aromatic heterocycles. The molecule has 1 radical (unpaired) electrons. The molecule has 0 N–H and O–H groups in total. The molecule has 1 nitrogen and oxygen atoms in total. The molecule has 0 spiro atoms. The molecule has 0 saturated heterocycles. The Labute approximate surface area is 39.8 Å². The summed E-state index contributed by atoms with van der Waals surface area (Å²) in [6.45, 7) is 4.76. The van der Waals surface area contributed by atoms with Crippen LogP contribution in [0, 0.1) is 6.58 Å². The highest BCUT2D eigenvalue weighted by molar-refractivity contribution is 9.09. The van der Waals surface area contributed by atoms with Crippen LogP contribution < -0.4 is 0 Å². The minimum Gasteiger partial charge on any atom is -0.490 e. The highest BCUT2D eigenvalue weighted by Crippen LogP contribution is 1.78. The van der Waals surface area contributed by atoms with Crippen molar-refractivity contribution < 1.29 is 4.74 Å². The molecule has 0 aliphatic heterocycles. The Hall–Kier alpha value is 0.0200. The average molecular weight is 136 g/mol. The topological polar surface area (TPSA) is 9.23 Å². The molecule has 0 aliphatic rings. The zero-order chi connectivity index (χ0) is 4.12. The average Bonchev–Trinajstić information content (AvgIpc) is 1.41. The monoisotopic (exact) mass is 135 g/mol. The van der Waals surface area contributed by atoms with Gasteiger partial charge in [0, 0.05) is 0 Å². The SMILES string of the molecule is [CH]=COCBr. The molecule has 0 unspecified atom stereocenters. The van der Waals surface area contributed by atoms with Gasteiger partial charge in [0.15, 0.2) is 0 Å². The van der Waals surface area contributed by atoms with Crippen LogP contribution in [-0.2, 0) is 4.74 Å². The van der Waals surface area contributed by atoms with E-state index in [0.29, 0.717) is 5.52 Å². The van der Waals surface area contributed by atoms with Crippen LogP contribution in [0.1, 0.15) is 0 Å². The van der Waals surface area contributed by atoms with Crippen LogP contribution in [0.3, 0.4) is 0 Å². The van der Waals surface area contributed by atoms with Gasteiger partial charge in [-0.25, -0.2) is 0 Å². The van der Waals surface area contributed by atoms with E-state index in [1.54, 1.807) is 0 Å². The molecule has 2 heteroatoms. The normalized spacial score (nSPS) is 6.60. The van der Waals surface area contributed by atoms with Gasteiger partial charge in [0.25, 0.3) is 0 Å². The second kappa shape index (κ2) is 4.02. The van der Waals surface area contributed by atoms with Crippen LogP contribution in [0.4, 0.5) is 0 Å². The van der Waals surface area contributed by atoms with Gasteiger partial charge in [-0.3, -0.25) is 0 Å². The Morgan fingerprint density at radius 1 is 2.00 bits per heavy atom. The Morgan fingerprint density at radius 3 is 2.60 bits per heavy atom. The molecule has 0 amide bonds. The second-order valence-corrected chi connectivity index (χ2v) is 0.870. The first-order valence-corrected chi connectivity index (χ1v) is 2.25. The van der Waals surface area contributed by atoms with E-state index >= 15 is 0 Å². The van der Waals surface area contributed by atoms with Crippen molar-refractivity contribution in [3.8, 4) is 0 Å². The van der Waals surface area contributed by atoms with Crippen molar-refractivity contribution >= 4 is 15.9 Å². The predicted molar refractivity (Wildman–Crippen MR) is 23.7 cm³/mol. The zero-order valence-corrected chi connectivity index (χ0v) is 4.23. The van der Waals surface area contributed by atoms with Crippen molar-refractivity contribution in [2.75, 3.05) is 5.52 Å². The van der Waals surface area contributed by atoms with Crippen LogP contribution in [0.2, 0.25) is 0 Å². The fraction of sp³-hybridized carbons (Fsp3) is 0.333. The van der Waals surface area contributed by atoms with Gasteiger partial charge in [-0.2, -0.15) is 0 Å². The van der Waals surface area contributed by atoms with E-state index < -0.39 is 0 Å². The molecule has 0 heterocycles. The third-order valence-electron chi connectivity index (χ3n) is 0.159. The van der Waals surface area contributed by atoms with E-state index in [9.17, 15) is 0 Å². The van der Waals surface area contributed by atoms with E-state index in [4.69, 9.17) is 6.58 Å². The molecule has 0 rings (SSSR count). The maximum atomic E-state index is 4.76. The van der Waals surface area contributed by atoms with Crippen LogP contribution >= 0.6 is 15.9 Å². The summed E-state index contributed by atoms with van der Waals surface area (Å²) in [5.41, 5.74) is 0.476. The maximum Gasteiger partial charge on any atom is 0.142 e. The summed E-state index contributed by atoms with van der Waals surface area (Å²) < 4.78 is 4.40. The fourth-order valence-electron chi connectivity index (χ4n) is 0.0364. The molecular formula is C3H4BrO. The van der Waals surface area contributed by atoms with Crippen LogP contribution in [0.5, 0.6) is 0 Å². The van der Waals surface area contributed by atoms with Gasteiger partial charge < -0.3 is 4.74 Å². The lowest BCUT2D eigenvalue weighted by molar-refractivity contribution is 0.322. The summed E-state index contributed by atoms with van der Waals surface area (Å²) in [6.07, 6.45) is 1.13. The molecule has 0 saturated carbocycles. The number of hydrogen-bond acceptors (Lipinski definition) is 1. The Balaban J connectivity index is 2.40. The molecule has 29 valence electrons. The number of ether oxygens (including phenoxy) is 1. The number of rotatable bonds is 2. The minimum atomic E-state index is 0.476. The minimum absolute atomic E-state index is 0.476. The molecular weight excluding hydrogens is 132 g/mol. The van der Waals surface area contributed by atoms with E-state index in [-0.39, 0.29) is 0 Å². The molecule has 0 aromatic carbocycles. The summed E-state index contributed by atoms with van der Waals surface area (Å²) in [5.74, 6) is 0. The Morgan fingerprint density at radius 2 is 2.60 bits per heavy atom. The van der Waals surface area contributed by atoms with E-state index in [1.165, 1.54) is 0 Å². The first kappa shape index (κ1) is 5.02. The highest BCUT2D eigenvalue weighted by atomic mass is 79.9. The number of halogens is 1. The molecule has 0 aliphatic carbocycles. The van der Waals surface area contributed by atoms with Crippen LogP contribution in [0.15, 0.2) is 6.26 Å². The number of alkyl halides is 1. The van der Waals surface area contributed by atoms with Crippen molar-refractivity contribution in [1.82, 2.24) is 0 Å². The molecule has 0 fully saturated rings. The largest absolute Gasteiger partial charge is 0.490 e. The summed E-state index contributed by atoms with van der Waals surface area (Å²) in [7, 11) is 0. The van der Waals surface area contributed by atoms with Gasteiger partial charge in [0.2, 0.25) is 0 Å². The van der Waals surface area contributed by atoms with Crippen LogP contribution in [-0.4, -0.2) is 5.52 Å². The lowest BCUT2D eigenvalue weighted by Gasteiger charge is -1.82. The summed E-state index contributed by atoms with van der Waals surface area (Å²) in [5, 5.41) is 0. The molecule has 5 heavy (non-hydrogen) atoms. The van der Waals surface area contributed by atoms with Crippen molar-refractivity contribution in [1.29, 1.82) is 0 Å². The van der Waals surface area contributed by atoms with E-state index in [1.807, 2.05) is 0 Å². The summed E-state index contributed by atoms with van der Waals surface area (Å²) >= 11 is 2.98. The van der Waals surface area contributed by atoms with Gasteiger partial charge in [-0.1, -0.05) is 0 Å². The first-order valence-electron chi connectivity index (χ1n) is 1.12. The first-order chi connectivity index (χ1) is 2.41. The van der Waals surface area contributed by atoms with E-state index in [2.05, 4.69) is 20.7 Å². The quantitative estimate of drug-likeness (QED) is 0.410.